The van der Waals surface area contributed by atoms with Crippen LogP contribution in [0, 0.1) is 0 Å². The summed E-state index contributed by atoms with van der Waals surface area (Å²) in [6.45, 7) is 0.606. The van der Waals surface area contributed by atoms with E-state index < -0.39 is 0 Å². The van der Waals surface area contributed by atoms with Gasteiger partial charge in [0.15, 0.2) is 5.96 Å². The van der Waals surface area contributed by atoms with Gasteiger partial charge in [-0.2, -0.15) is 4.99 Å². The molecule has 0 amide bonds. The standard InChI is InChI=1S/C9H11N5/c10-8(11)14-9-12-5-6-3-1-2-4-7(6)13-9/h1-4H,5H2,(H5,10,11,12,13,14). The molecule has 0 bridgehead atoms. The van der Waals surface area contributed by atoms with Gasteiger partial charge in [-0.25, -0.2) is 4.99 Å². The van der Waals surface area contributed by atoms with Crippen LogP contribution >= 0.6 is 0 Å². The zero-order chi connectivity index (χ0) is 9.97. The highest BCUT2D eigenvalue weighted by molar-refractivity contribution is 6.02. The van der Waals surface area contributed by atoms with Crippen molar-refractivity contribution in [3.63, 3.8) is 0 Å². The third kappa shape index (κ3) is 1.66. The molecule has 1 heterocycles. The van der Waals surface area contributed by atoms with Gasteiger partial charge in [0, 0.05) is 5.69 Å². The first kappa shape index (κ1) is 8.55. The SMILES string of the molecule is NC(N)=NC1=NCc2ccccc2N1. The molecule has 2 rings (SSSR count). The molecule has 0 unspecified atom stereocenters. The number of para-hydroxylation sites is 1. The van der Waals surface area contributed by atoms with Gasteiger partial charge in [-0.3, -0.25) is 0 Å². The van der Waals surface area contributed by atoms with Crippen LogP contribution in [0.4, 0.5) is 5.69 Å². The van der Waals surface area contributed by atoms with Crippen LogP contribution < -0.4 is 16.8 Å². The van der Waals surface area contributed by atoms with Crippen LogP contribution in [0.15, 0.2) is 34.3 Å². The highest BCUT2D eigenvalue weighted by atomic mass is 15.2. The number of rotatable bonds is 0. The van der Waals surface area contributed by atoms with Crippen LogP contribution in [0.1, 0.15) is 5.56 Å². The topological polar surface area (TPSA) is 88.8 Å². The summed E-state index contributed by atoms with van der Waals surface area (Å²) in [5.41, 5.74) is 12.6. The molecule has 0 aliphatic carbocycles. The van der Waals surface area contributed by atoms with Gasteiger partial charge in [-0.15, -0.1) is 0 Å². The van der Waals surface area contributed by atoms with Gasteiger partial charge in [-0.05, 0) is 11.6 Å². The Bertz CT molecular complexity index is 403. The lowest BCUT2D eigenvalue weighted by Gasteiger charge is -2.15. The summed E-state index contributed by atoms with van der Waals surface area (Å²) in [6.07, 6.45) is 0. The van der Waals surface area contributed by atoms with Gasteiger partial charge in [0.25, 0.3) is 0 Å². The van der Waals surface area contributed by atoms with E-state index in [2.05, 4.69) is 15.3 Å². The molecule has 0 fully saturated rings. The van der Waals surface area contributed by atoms with E-state index in [1.54, 1.807) is 0 Å². The number of hydrogen-bond acceptors (Lipinski definition) is 3. The predicted octanol–water partition coefficient (Wildman–Crippen LogP) is 0.241. The molecule has 0 saturated carbocycles. The molecule has 1 aromatic rings. The van der Waals surface area contributed by atoms with E-state index in [1.165, 1.54) is 0 Å². The number of nitrogens with zero attached hydrogens (tertiary/aromatic N) is 2. The number of hydrogen-bond donors (Lipinski definition) is 3. The number of nitrogens with two attached hydrogens (primary N) is 2. The Labute approximate surface area is 81.5 Å². The smallest absolute Gasteiger partial charge is 0.226 e. The summed E-state index contributed by atoms with van der Waals surface area (Å²) in [7, 11) is 0. The first-order chi connectivity index (χ1) is 6.75. The van der Waals surface area contributed by atoms with E-state index in [-0.39, 0.29) is 5.96 Å². The maximum absolute atomic E-state index is 5.25. The molecule has 5 heteroatoms. The van der Waals surface area contributed by atoms with Crippen LogP contribution in [0.5, 0.6) is 0 Å². The van der Waals surface area contributed by atoms with E-state index in [0.29, 0.717) is 12.5 Å². The van der Waals surface area contributed by atoms with Crippen LogP contribution in [-0.4, -0.2) is 11.9 Å². The van der Waals surface area contributed by atoms with Crippen molar-refractivity contribution in [2.75, 3.05) is 5.32 Å². The molecule has 5 N–H and O–H groups in total. The molecule has 0 aromatic heterocycles. The lowest BCUT2D eigenvalue weighted by molar-refractivity contribution is 1.04. The molecule has 72 valence electrons. The summed E-state index contributed by atoms with van der Waals surface area (Å²) in [5, 5.41) is 3.03. The van der Waals surface area contributed by atoms with E-state index in [4.69, 9.17) is 11.5 Å². The molecule has 0 saturated heterocycles. The van der Waals surface area contributed by atoms with Gasteiger partial charge in [0.1, 0.15) is 0 Å². The Morgan fingerprint density at radius 3 is 2.93 bits per heavy atom. The molecule has 0 radical (unpaired) electrons. The lowest BCUT2D eigenvalue weighted by atomic mass is 10.1. The number of benzene rings is 1. The summed E-state index contributed by atoms with van der Waals surface area (Å²) < 4.78 is 0. The number of nitrogens with one attached hydrogen (secondary N) is 1. The minimum Gasteiger partial charge on any atom is -0.370 e. The largest absolute Gasteiger partial charge is 0.370 e. The molecular weight excluding hydrogens is 178 g/mol. The molecule has 0 atom stereocenters. The van der Waals surface area contributed by atoms with E-state index in [9.17, 15) is 0 Å². The van der Waals surface area contributed by atoms with Crippen molar-refractivity contribution < 1.29 is 0 Å². The Kier molecular flexibility index (Phi) is 2.06. The molecule has 1 aromatic carbocycles. The Balaban J connectivity index is 2.25. The fraction of sp³-hybridized carbons (Fsp3) is 0.111. The molecule has 0 spiro atoms. The van der Waals surface area contributed by atoms with Crippen molar-refractivity contribution >= 4 is 17.6 Å². The van der Waals surface area contributed by atoms with Crippen molar-refractivity contribution in [1.82, 2.24) is 0 Å². The second-order valence-electron chi connectivity index (χ2n) is 2.96. The first-order valence-electron chi connectivity index (χ1n) is 4.25. The molecule has 1 aliphatic heterocycles. The molecule has 5 nitrogen and oxygen atoms in total. The predicted molar refractivity (Wildman–Crippen MR) is 57.0 cm³/mol. The Morgan fingerprint density at radius 2 is 2.14 bits per heavy atom. The van der Waals surface area contributed by atoms with E-state index >= 15 is 0 Å². The lowest BCUT2D eigenvalue weighted by Crippen LogP contribution is -2.27. The van der Waals surface area contributed by atoms with Gasteiger partial charge >= 0.3 is 0 Å². The van der Waals surface area contributed by atoms with E-state index in [0.717, 1.165) is 11.3 Å². The Morgan fingerprint density at radius 1 is 1.36 bits per heavy atom. The quantitative estimate of drug-likeness (QED) is 0.403. The number of aliphatic imine (C=N–C) groups is 2. The fourth-order valence-electron chi connectivity index (χ4n) is 1.29. The van der Waals surface area contributed by atoms with Gasteiger partial charge < -0.3 is 16.8 Å². The third-order valence-electron chi connectivity index (χ3n) is 1.90. The maximum atomic E-state index is 5.25. The second-order valence-corrected chi connectivity index (χ2v) is 2.96. The second kappa shape index (κ2) is 3.37. The van der Waals surface area contributed by atoms with E-state index in [1.807, 2.05) is 24.3 Å². The third-order valence-corrected chi connectivity index (χ3v) is 1.90. The summed E-state index contributed by atoms with van der Waals surface area (Å²) in [6, 6.07) is 7.90. The minimum absolute atomic E-state index is 0.00984. The van der Waals surface area contributed by atoms with Crippen molar-refractivity contribution in [3.8, 4) is 0 Å². The first-order valence-corrected chi connectivity index (χ1v) is 4.25. The molecular formula is C9H11N5. The van der Waals surface area contributed by atoms with Crippen molar-refractivity contribution in [2.45, 2.75) is 6.54 Å². The van der Waals surface area contributed by atoms with Gasteiger partial charge in [0.05, 0.1) is 6.54 Å². The molecule has 14 heavy (non-hydrogen) atoms. The number of guanidine groups is 2. The highest BCUT2D eigenvalue weighted by Crippen LogP contribution is 2.19. The zero-order valence-corrected chi connectivity index (χ0v) is 7.57. The fourth-order valence-corrected chi connectivity index (χ4v) is 1.29. The van der Waals surface area contributed by atoms with Crippen LogP contribution in [0.25, 0.3) is 0 Å². The van der Waals surface area contributed by atoms with Crippen molar-refractivity contribution in [2.24, 2.45) is 21.5 Å². The van der Waals surface area contributed by atoms with Crippen LogP contribution in [0.2, 0.25) is 0 Å². The van der Waals surface area contributed by atoms with Gasteiger partial charge in [0.2, 0.25) is 5.96 Å². The summed E-state index contributed by atoms with van der Waals surface area (Å²) >= 11 is 0. The van der Waals surface area contributed by atoms with Crippen LogP contribution in [-0.2, 0) is 6.54 Å². The zero-order valence-electron chi connectivity index (χ0n) is 7.57. The van der Waals surface area contributed by atoms with Gasteiger partial charge in [-0.1, -0.05) is 18.2 Å². The van der Waals surface area contributed by atoms with Crippen molar-refractivity contribution in [3.05, 3.63) is 29.8 Å². The summed E-state index contributed by atoms with van der Waals surface area (Å²) in [5.74, 6) is 0.472. The Hall–Kier alpha value is -2.04. The average Bonchev–Trinajstić information content (AvgIpc) is 2.17. The minimum atomic E-state index is 0.00984. The normalized spacial score (nSPS) is 13.6. The number of fused-ring (bicyclic) bond motifs is 1. The average molecular weight is 189 g/mol. The van der Waals surface area contributed by atoms with Crippen LogP contribution in [0.3, 0.4) is 0 Å². The maximum Gasteiger partial charge on any atom is 0.226 e. The summed E-state index contributed by atoms with van der Waals surface area (Å²) in [4.78, 5) is 8.02. The number of anilines is 1. The van der Waals surface area contributed by atoms with Crippen molar-refractivity contribution in [1.29, 1.82) is 0 Å². The highest BCUT2D eigenvalue weighted by Gasteiger charge is 2.09. The molecule has 1 aliphatic rings. The monoisotopic (exact) mass is 189 g/mol.